The molecule has 0 saturated carbocycles. The van der Waals surface area contributed by atoms with Crippen LogP contribution in [0.5, 0.6) is 5.75 Å². The van der Waals surface area contributed by atoms with Crippen LogP contribution in [0.4, 0.5) is 4.39 Å². The van der Waals surface area contributed by atoms with Gasteiger partial charge in [0, 0.05) is 10.9 Å². The highest BCUT2D eigenvalue weighted by Crippen LogP contribution is 2.40. The zero-order chi connectivity index (χ0) is 16.1. The third-order valence-corrected chi connectivity index (χ3v) is 5.12. The Balaban J connectivity index is 1.86. The highest BCUT2D eigenvalue weighted by Gasteiger charge is 2.53. The molecule has 0 spiro atoms. The fourth-order valence-electron chi connectivity index (χ4n) is 2.54. The van der Waals surface area contributed by atoms with E-state index in [0.29, 0.717) is 12.0 Å². The first kappa shape index (κ1) is 16.0. The maximum atomic E-state index is 14.8. The number of hydrogen-bond acceptors (Lipinski definition) is 3. The molecule has 0 bridgehead atoms. The Kier molecular flexibility index (Phi) is 3.90. The predicted molar refractivity (Wildman–Crippen MR) is 87.6 cm³/mol. The minimum absolute atomic E-state index is 0.227. The van der Waals surface area contributed by atoms with Crippen LogP contribution >= 0.6 is 15.9 Å². The summed E-state index contributed by atoms with van der Waals surface area (Å²) in [5.74, 6) is 0.800. The summed E-state index contributed by atoms with van der Waals surface area (Å²) in [6.45, 7) is 7.87. The van der Waals surface area contributed by atoms with E-state index in [0.717, 1.165) is 15.8 Å². The van der Waals surface area contributed by atoms with Crippen molar-refractivity contribution in [3.8, 4) is 5.75 Å². The molecule has 0 radical (unpaired) electrons. The van der Waals surface area contributed by atoms with Crippen LogP contribution in [0.3, 0.4) is 0 Å². The van der Waals surface area contributed by atoms with Gasteiger partial charge < -0.3 is 14.0 Å². The molecule has 118 valence electrons. The molecule has 2 aliphatic heterocycles. The van der Waals surface area contributed by atoms with Crippen LogP contribution in [0.1, 0.15) is 33.3 Å². The molecule has 2 aliphatic rings. The highest BCUT2D eigenvalue weighted by atomic mass is 79.9. The third kappa shape index (κ3) is 2.72. The Morgan fingerprint density at radius 3 is 2.45 bits per heavy atom. The number of fused-ring (bicyclic) bond motifs is 1. The van der Waals surface area contributed by atoms with E-state index in [1.807, 2.05) is 45.9 Å². The van der Waals surface area contributed by atoms with E-state index in [2.05, 4.69) is 15.9 Å². The van der Waals surface area contributed by atoms with Gasteiger partial charge in [0.2, 0.25) is 0 Å². The van der Waals surface area contributed by atoms with Gasteiger partial charge in [-0.05, 0) is 57.0 Å². The van der Waals surface area contributed by atoms with Gasteiger partial charge in [0.1, 0.15) is 18.1 Å². The Hall–Kier alpha value is -0.845. The zero-order valence-corrected chi connectivity index (χ0v) is 14.8. The van der Waals surface area contributed by atoms with E-state index >= 15 is 0 Å². The van der Waals surface area contributed by atoms with E-state index in [1.54, 1.807) is 0 Å². The molecule has 1 aromatic rings. The molecule has 0 amide bonds. The Labute approximate surface area is 139 Å². The SMILES string of the molecule is CC1(C)OB(C(F)=C2COc3ccc(Br)cc3C2)OC1(C)C. The van der Waals surface area contributed by atoms with Gasteiger partial charge in [-0.15, -0.1) is 0 Å². The zero-order valence-electron chi connectivity index (χ0n) is 13.2. The predicted octanol–water partition coefficient (Wildman–Crippen LogP) is 4.24. The molecular formula is C16H19BBrFO3. The first-order valence-corrected chi connectivity index (χ1v) is 8.13. The van der Waals surface area contributed by atoms with Crippen molar-refractivity contribution in [2.75, 3.05) is 6.61 Å². The van der Waals surface area contributed by atoms with Crippen LogP contribution < -0.4 is 4.74 Å². The number of halogens is 2. The largest absolute Gasteiger partial charge is 0.525 e. The molecule has 0 aliphatic carbocycles. The average Bonchev–Trinajstić information content (AvgIpc) is 2.65. The summed E-state index contributed by atoms with van der Waals surface area (Å²) in [5.41, 5.74) is 0.0635. The van der Waals surface area contributed by atoms with Crippen molar-refractivity contribution < 1.29 is 18.4 Å². The normalized spacial score (nSPS) is 24.7. The van der Waals surface area contributed by atoms with E-state index in [1.165, 1.54) is 0 Å². The summed E-state index contributed by atoms with van der Waals surface area (Å²) < 4.78 is 33.0. The van der Waals surface area contributed by atoms with Crippen molar-refractivity contribution in [1.82, 2.24) is 0 Å². The molecule has 22 heavy (non-hydrogen) atoms. The van der Waals surface area contributed by atoms with Gasteiger partial charge in [0.15, 0.2) is 0 Å². The lowest BCUT2D eigenvalue weighted by Crippen LogP contribution is -2.41. The topological polar surface area (TPSA) is 27.7 Å². The minimum atomic E-state index is -0.961. The first-order valence-electron chi connectivity index (χ1n) is 7.34. The second-order valence-corrected chi connectivity index (χ2v) is 7.67. The van der Waals surface area contributed by atoms with E-state index < -0.39 is 18.3 Å². The van der Waals surface area contributed by atoms with Crippen molar-refractivity contribution in [2.24, 2.45) is 0 Å². The van der Waals surface area contributed by atoms with Crippen LogP contribution in [0.25, 0.3) is 0 Å². The number of ether oxygens (including phenoxy) is 1. The molecule has 0 aromatic heterocycles. The van der Waals surface area contributed by atoms with Gasteiger partial charge in [0.25, 0.3) is 0 Å². The summed E-state index contributed by atoms with van der Waals surface area (Å²) in [6, 6.07) is 5.76. The second-order valence-electron chi connectivity index (χ2n) is 6.76. The van der Waals surface area contributed by atoms with Crippen molar-refractivity contribution >= 4 is 23.0 Å². The third-order valence-electron chi connectivity index (χ3n) is 4.63. The van der Waals surface area contributed by atoms with Crippen molar-refractivity contribution in [3.05, 3.63) is 39.5 Å². The van der Waals surface area contributed by atoms with Crippen molar-refractivity contribution in [2.45, 2.75) is 45.3 Å². The monoisotopic (exact) mass is 368 g/mol. The standard InChI is InChI=1S/C16H19BBrFO3/c1-15(2)16(3,4)22-17(21-15)14(19)11-7-10-8-12(18)5-6-13(10)20-9-11/h5-6,8H,7,9H2,1-4H3. The smallest absolute Gasteiger partial charge is 0.489 e. The molecule has 0 atom stereocenters. The summed E-state index contributed by atoms with van der Waals surface area (Å²) >= 11 is 3.43. The van der Waals surface area contributed by atoms with Gasteiger partial charge in [-0.1, -0.05) is 15.9 Å². The van der Waals surface area contributed by atoms with Crippen LogP contribution in [-0.2, 0) is 15.7 Å². The molecule has 3 nitrogen and oxygen atoms in total. The second kappa shape index (κ2) is 5.36. The van der Waals surface area contributed by atoms with E-state index in [9.17, 15) is 4.39 Å². The van der Waals surface area contributed by atoms with Crippen LogP contribution in [0, 0.1) is 0 Å². The fraction of sp³-hybridized carbons (Fsp3) is 0.500. The quantitative estimate of drug-likeness (QED) is 0.694. The van der Waals surface area contributed by atoms with Gasteiger partial charge in [-0.3, -0.25) is 0 Å². The van der Waals surface area contributed by atoms with Gasteiger partial charge in [0.05, 0.1) is 11.2 Å². The highest BCUT2D eigenvalue weighted by molar-refractivity contribution is 9.10. The number of rotatable bonds is 1. The lowest BCUT2D eigenvalue weighted by atomic mass is 9.82. The molecule has 0 N–H and O–H groups in total. The average molecular weight is 369 g/mol. The summed E-state index contributed by atoms with van der Waals surface area (Å²) in [6.07, 6.45) is 0.505. The van der Waals surface area contributed by atoms with Gasteiger partial charge in [-0.25, -0.2) is 4.39 Å². The molecule has 1 aromatic carbocycles. The van der Waals surface area contributed by atoms with Crippen LogP contribution in [0.2, 0.25) is 0 Å². The molecule has 1 fully saturated rings. The molecular weight excluding hydrogens is 350 g/mol. The van der Waals surface area contributed by atoms with E-state index in [4.69, 9.17) is 14.0 Å². The maximum absolute atomic E-state index is 14.8. The number of benzene rings is 1. The molecule has 0 unspecified atom stereocenters. The molecule has 2 heterocycles. The minimum Gasteiger partial charge on any atom is -0.489 e. The van der Waals surface area contributed by atoms with Crippen molar-refractivity contribution in [3.63, 3.8) is 0 Å². The lowest BCUT2D eigenvalue weighted by Gasteiger charge is -2.32. The fourth-order valence-corrected chi connectivity index (χ4v) is 2.95. The molecule has 6 heteroatoms. The summed E-state index contributed by atoms with van der Waals surface area (Å²) in [5, 5.41) is 0. The summed E-state index contributed by atoms with van der Waals surface area (Å²) in [7, 11) is -0.961. The Morgan fingerprint density at radius 1 is 1.18 bits per heavy atom. The molecule has 1 saturated heterocycles. The Bertz CT molecular complexity index is 626. The van der Waals surface area contributed by atoms with E-state index in [-0.39, 0.29) is 12.3 Å². The first-order chi connectivity index (χ1) is 10.2. The summed E-state index contributed by atoms with van der Waals surface area (Å²) in [4.78, 5) is 0. The maximum Gasteiger partial charge on any atom is 0.525 e. The number of hydrogen-bond donors (Lipinski definition) is 0. The van der Waals surface area contributed by atoms with Crippen LogP contribution in [0.15, 0.2) is 34.0 Å². The Morgan fingerprint density at radius 2 is 1.82 bits per heavy atom. The van der Waals surface area contributed by atoms with Crippen molar-refractivity contribution in [1.29, 1.82) is 0 Å². The van der Waals surface area contributed by atoms with Gasteiger partial charge >= 0.3 is 7.12 Å². The van der Waals surface area contributed by atoms with Crippen LogP contribution in [-0.4, -0.2) is 24.9 Å². The lowest BCUT2D eigenvalue weighted by molar-refractivity contribution is 0.00578. The van der Waals surface area contributed by atoms with Gasteiger partial charge in [-0.2, -0.15) is 0 Å². The molecule has 3 rings (SSSR count).